The summed E-state index contributed by atoms with van der Waals surface area (Å²) < 4.78 is 1.12. The predicted molar refractivity (Wildman–Crippen MR) is 66.4 cm³/mol. The Hall–Kier alpha value is -1.42. The summed E-state index contributed by atoms with van der Waals surface area (Å²) in [6, 6.07) is 7.95. The quantitative estimate of drug-likeness (QED) is 0.682. The minimum absolute atomic E-state index is 0.248. The number of anilines is 1. The van der Waals surface area contributed by atoms with Crippen LogP contribution in [-0.4, -0.2) is 16.5 Å². The van der Waals surface area contributed by atoms with E-state index in [9.17, 15) is 0 Å². The standard InChI is InChI=1S/C10H7IN4/c11-7-1-2-9-8(5-7)10(13-4-3-12)15-6-14-9/h1-2,5-6H,4H2,(H,13,14,15). The van der Waals surface area contributed by atoms with Crippen LogP contribution in [-0.2, 0) is 0 Å². The summed E-state index contributed by atoms with van der Waals surface area (Å²) in [5, 5.41) is 12.4. The van der Waals surface area contributed by atoms with E-state index in [4.69, 9.17) is 5.26 Å². The summed E-state index contributed by atoms with van der Waals surface area (Å²) in [6.07, 6.45) is 1.49. The zero-order valence-corrected chi connectivity index (χ0v) is 9.89. The van der Waals surface area contributed by atoms with Gasteiger partial charge in [0.1, 0.15) is 18.7 Å². The van der Waals surface area contributed by atoms with Crippen LogP contribution in [0.2, 0.25) is 0 Å². The molecule has 0 unspecified atom stereocenters. The van der Waals surface area contributed by atoms with Crippen molar-refractivity contribution < 1.29 is 0 Å². The van der Waals surface area contributed by atoms with Gasteiger partial charge >= 0.3 is 0 Å². The highest BCUT2D eigenvalue weighted by Crippen LogP contribution is 2.21. The molecule has 4 nitrogen and oxygen atoms in total. The highest BCUT2D eigenvalue weighted by atomic mass is 127. The highest BCUT2D eigenvalue weighted by Gasteiger charge is 2.02. The molecule has 0 saturated carbocycles. The SMILES string of the molecule is N#CCNc1ncnc2ccc(I)cc12. The number of aromatic nitrogens is 2. The van der Waals surface area contributed by atoms with Gasteiger partial charge in [0, 0.05) is 8.96 Å². The number of hydrogen-bond donors (Lipinski definition) is 1. The van der Waals surface area contributed by atoms with Crippen LogP contribution in [0.1, 0.15) is 0 Å². The lowest BCUT2D eigenvalue weighted by Gasteiger charge is -2.04. The average Bonchev–Trinajstić information content (AvgIpc) is 2.26. The predicted octanol–water partition coefficient (Wildman–Crippen LogP) is 2.17. The van der Waals surface area contributed by atoms with E-state index in [2.05, 4.69) is 37.9 Å². The molecule has 74 valence electrons. The van der Waals surface area contributed by atoms with Crippen molar-refractivity contribution in [3.05, 3.63) is 28.1 Å². The van der Waals surface area contributed by atoms with Gasteiger partial charge in [-0.3, -0.25) is 0 Å². The Morgan fingerprint density at radius 2 is 2.27 bits per heavy atom. The second kappa shape index (κ2) is 4.40. The summed E-state index contributed by atoms with van der Waals surface area (Å²) >= 11 is 2.23. The molecule has 0 radical (unpaired) electrons. The molecule has 5 heteroatoms. The second-order valence-electron chi connectivity index (χ2n) is 2.90. The van der Waals surface area contributed by atoms with Crippen LogP contribution >= 0.6 is 22.6 Å². The molecule has 0 amide bonds. The van der Waals surface area contributed by atoms with Gasteiger partial charge < -0.3 is 5.32 Å². The fourth-order valence-electron chi connectivity index (χ4n) is 1.29. The molecule has 2 rings (SSSR count). The van der Waals surface area contributed by atoms with Gasteiger partial charge in [-0.05, 0) is 40.8 Å². The molecule has 1 aromatic heterocycles. The van der Waals surface area contributed by atoms with E-state index in [-0.39, 0.29) is 6.54 Å². The lowest BCUT2D eigenvalue weighted by atomic mass is 10.2. The van der Waals surface area contributed by atoms with Crippen LogP contribution in [0.5, 0.6) is 0 Å². The van der Waals surface area contributed by atoms with E-state index >= 15 is 0 Å². The maximum absolute atomic E-state index is 8.50. The molecule has 2 aromatic rings. The molecule has 0 bridgehead atoms. The molecule has 0 saturated heterocycles. The lowest BCUT2D eigenvalue weighted by Crippen LogP contribution is -2.01. The Morgan fingerprint density at radius 1 is 1.40 bits per heavy atom. The van der Waals surface area contributed by atoms with E-state index in [1.165, 1.54) is 6.33 Å². The maximum Gasteiger partial charge on any atom is 0.138 e. The molecule has 0 fully saturated rings. The third kappa shape index (κ3) is 2.15. The van der Waals surface area contributed by atoms with Crippen molar-refractivity contribution in [2.24, 2.45) is 0 Å². The van der Waals surface area contributed by atoms with Crippen LogP contribution in [0, 0.1) is 14.9 Å². The molecule has 0 aliphatic heterocycles. The molecule has 1 heterocycles. The first-order valence-electron chi connectivity index (χ1n) is 4.32. The number of fused-ring (bicyclic) bond motifs is 1. The van der Waals surface area contributed by atoms with Crippen LogP contribution in [0.15, 0.2) is 24.5 Å². The third-order valence-electron chi connectivity index (χ3n) is 1.93. The van der Waals surface area contributed by atoms with Gasteiger partial charge in [0.25, 0.3) is 0 Å². The second-order valence-corrected chi connectivity index (χ2v) is 4.14. The molecule has 0 aliphatic carbocycles. The van der Waals surface area contributed by atoms with Crippen molar-refractivity contribution in [1.82, 2.24) is 9.97 Å². The minimum atomic E-state index is 0.248. The van der Waals surface area contributed by atoms with E-state index in [1.54, 1.807) is 0 Å². The topological polar surface area (TPSA) is 61.6 Å². The summed E-state index contributed by atoms with van der Waals surface area (Å²) in [5.41, 5.74) is 0.880. The summed E-state index contributed by atoms with van der Waals surface area (Å²) in [7, 11) is 0. The zero-order chi connectivity index (χ0) is 10.7. The fraction of sp³-hybridized carbons (Fsp3) is 0.100. The minimum Gasteiger partial charge on any atom is -0.356 e. The number of nitriles is 1. The number of rotatable bonds is 2. The molecule has 15 heavy (non-hydrogen) atoms. The maximum atomic E-state index is 8.50. The fourth-order valence-corrected chi connectivity index (χ4v) is 1.78. The van der Waals surface area contributed by atoms with Crippen molar-refractivity contribution >= 4 is 39.3 Å². The van der Waals surface area contributed by atoms with Crippen molar-refractivity contribution in [3.63, 3.8) is 0 Å². The number of hydrogen-bond acceptors (Lipinski definition) is 4. The van der Waals surface area contributed by atoms with Gasteiger partial charge in [0.05, 0.1) is 11.6 Å². The van der Waals surface area contributed by atoms with Crippen molar-refractivity contribution in [2.45, 2.75) is 0 Å². The molecule has 0 spiro atoms. The Balaban J connectivity index is 2.54. The first-order valence-corrected chi connectivity index (χ1v) is 5.40. The van der Waals surface area contributed by atoms with Gasteiger partial charge in [-0.15, -0.1) is 0 Å². The first-order chi connectivity index (χ1) is 7.31. The van der Waals surface area contributed by atoms with E-state index in [1.807, 2.05) is 24.3 Å². The van der Waals surface area contributed by atoms with E-state index in [0.29, 0.717) is 5.82 Å². The van der Waals surface area contributed by atoms with Gasteiger partial charge in [-0.2, -0.15) is 5.26 Å². The molecular weight excluding hydrogens is 303 g/mol. The number of benzene rings is 1. The normalized spacial score (nSPS) is 9.87. The van der Waals surface area contributed by atoms with Crippen molar-refractivity contribution in [1.29, 1.82) is 5.26 Å². The largest absolute Gasteiger partial charge is 0.356 e. The van der Waals surface area contributed by atoms with Gasteiger partial charge in [0.15, 0.2) is 0 Å². The summed E-state index contributed by atoms with van der Waals surface area (Å²) in [6.45, 7) is 0.248. The molecule has 1 aromatic carbocycles. The lowest BCUT2D eigenvalue weighted by molar-refractivity contribution is 1.18. The molecule has 0 aliphatic rings. The van der Waals surface area contributed by atoms with Crippen LogP contribution in [0.3, 0.4) is 0 Å². The number of halogens is 1. The van der Waals surface area contributed by atoms with E-state index in [0.717, 1.165) is 14.5 Å². The van der Waals surface area contributed by atoms with Crippen molar-refractivity contribution in [3.8, 4) is 6.07 Å². The Morgan fingerprint density at radius 3 is 3.07 bits per heavy atom. The number of nitrogens with zero attached hydrogens (tertiary/aromatic N) is 3. The van der Waals surface area contributed by atoms with E-state index < -0.39 is 0 Å². The van der Waals surface area contributed by atoms with Crippen molar-refractivity contribution in [2.75, 3.05) is 11.9 Å². The monoisotopic (exact) mass is 310 g/mol. The van der Waals surface area contributed by atoms with Crippen LogP contribution < -0.4 is 5.32 Å². The third-order valence-corrected chi connectivity index (χ3v) is 2.60. The Labute approximate surface area is 100 Å². The Bertz CT molecular complexity index is 532. The van der Waals surface area contributed by atoms with Gasteiger partial charge in [0.2, 0.25) is 0 Å². The van der Waals surface area contributed by atoms with Crippen LogP contribution in [0.25, 0.3) is 10.9 Å². The summed E-state index contributed by atoms with van der Waals surface area (Å²) in [5.74, 6) is 0.708. The summed E-state index contributed by atoms with van der Waals surface area (Å²) in [4.78, 5) is 8.26. The highest BCUT2D eigenvalue weighted by molar-refractivity contribution is 14.1. The molecule has 0 atom stereocenters. The van der Waals surface area contributed by atoms with Gasteiger partial charge in [-0.25, -0.2) is 9.97 Å². The zero-order valence-electron chi connectivity index (χ0n) is 7.74. The van der Waals surface area contributed by atoms with Crippen LogP contribution in [0.4, 0.5) is 5.82 Å². The average molecular weight is 310 g/mol. The number of nitrogens with one attached hydrogen (secondary N) is 1. The Kier molecular flexibility index (Phi) is 2.97. The molecule has 1 N–H and O–H groups in total. The smallest absolute Gasteiger partial charge is 0.138 e. The molecular formula is C10H7IN4. The first kappa shape index (κ1) is 10.1. The van der Waals surface area contributed by atoms with Gasteiger partial charge in [-0.1, -0.05) is 0 Å².